The number of nitrogens with zero attached hydrogens (tertiary/aromatic N) is 1. The van der Waals surface area contributed by atoms with Crippen molar-refractivity contribution in [3.63, 3.8) is 0 Å². The van der Waals surface area contributed by atoms with Crippen molar-refractivity contribution in [2.75, 3.05) is 19.0 Å². The molecule has 2 nitrogen and oxygen atoms in total. The highest BCUT2D eigenvalue weighted by Crippen LogP contribution is 2.19. The summed E-state index contributed by atoms with van der Waals surface area (Å²) in [5.41, 5.74) is 11.4. The van der Waals surface area contributed by atoms with Crippen molar-refractivity contribution >= 4 is 5.69 Å². The summed E-state index contributed by atoms with van der Waals surface area (Å²) in [4.78, 5) is 2.10. The van der Waals surface area contributed by atoms with Gasteiger partial charge in [0.2, 0.25) is 0 Å². The molecule has 106 valence electrons. The van der Waals surface area contributed by atoms with Gasteiger partial charge in [-0.15, -0.1) is 0 Å². The fraction of sp³-hybridized carbons (Fsp3) is 0.333. The zero-order chi connectivity index (χ0) is 14.5. The molecule has 0 aliphatic rings. The highest BCUT2D eigenvalue weighted by Gasteiger charge is 2.07. The Balaban J connectivity index is 2.04. The molecule has 0 radical (unpaired) electrons. The number of rotatable bonds is 5. The van der Waals surface area contributed by atoms with Crippen molar-refractivity contribution in [1.29, 1.82) is 0 Å². The third-order valence-electron chi connectivity index (χ3n) is 3.72. The van der Waals surface area contributed by atoms with Crippen LogP contribution in [0.15, 0.2) is 48.5 Å². The number of hydrogen-bond donors (Lipinski definition) is 1. The number of benzene rings is 2. The first kappa shape index (κ1) is 14.6. The first-order valence-electron chi connectivity index (χ1n) is 7.21. The summed E-state index contributed by atoms with van der Waals surface area (Å²) in [7, 11) is 4.10. The van der Waals surface area contributed by atoms with Crippen LogP contribution in [-0.4, -0.2) is 14.1 Å². The van der Waals surface area contributed by atoms with E-state index in [1.165, 1.54) is 22.4 Å². The average Bonchev–Trinajstić information content (AvgIpc) is 2.48. The fourth-order valence-corrected chi connectivity index (χ4v) is 2.30. The van der Waals surface area contributed by atoms with E-state index < -0.39 is 0 Å². The Labute approximate surface area is 122 Å². The van der Waals surface area contributed by atoms with Crippen LogP contribution in [0.2, 0.25) is 0 Å². The maximum absolute atomic E-state index is 6.31. The van der Waals surface area contributed by atoms with E-state index in [1.807, 2.05) is 0 Å². The summed E-state index contributed by atoms with van der Waals surface area (Å²) >= 11 is 0. The summed E-state index contributed by atoms with van der Waals surface area (Å²) in [6, 6.07) is 17.3. The average molecular weight is 268 g/mol. The molecule has 0 saturated carbocycles. The highest BCUT2D eigenvalue weighted by molar-refractivity contribution is 5.46. The van der Waals surface area contributed by atoms with Gasteiger partial charge in [0.15, 0.2) is 0 Å². The highest BCUT2D eigenvalue weighted by atomic mass is 15.1. The molecular formula is C18H24N2. The number of nitrogens with two attached hydrogens (primary N) is 1. The van der Waals surface area contributed by atoms with Gasteiger partial charge in [-0.1, -0.05) is 43.3 Å². The van der Waals surface area contributed by atoms with E-state index in [0.717, 1.165) is 12.8 Å². The topological polar surface area (TPSA) is 29.3 Å². The molecule has 0 aromatic heterocycles. The van der Waals surface area contributed by atoms with Gasteiger partial charge >= 0.3 is 0 Å². The standard InChI is InChI=1S/C18H24N2/c1-4-14-5-9-16(10-6-14)18(19)13-15-7-11-17(12-8-15)20(2)3/h5-12,18H,4,13,19H2,1-3H3. The predicted octanol–water partition coefficient (Wildman–Crippen LogP) is 3.56. The third kappa shape index (κ3) is 3.61. The van der Waals surface area contributed by atoms with Crippen LogP contribution in [0.25, 0.3) is 0 Å². The third-order valence-corrected chi connectivity index (χ3v) is 3.72. The Morgan fingerprint density at radius 2 is 1.45 bits per heavy atom. The molecule has 2 aromatic carbocycles. The summed E-state index contributed by atoms with van der Waals surface area (Å²) in [5, 5.41) is 0. The van der Waals surface area contributed by atoms with Crippen molar-refractivity contribution in [2.24, 2.45) is 5.73 Å². The molecule has 0 heterocycles. The summed E-state index contributed by atoms with van der Waals surface area (Å²) in [5.74, 6) is 0. The van der Waals surface area contributed by atoms with E-state index >= 15 is 0 Å². The van der Waals surface area contributed by atoms with Gasteiger partial charge < -0.3 is 10.6 Å². The first-order valence-corrected chi connectivity index (χ1v) is 7.21. The zero-order valence-corrected chi connectivity index (χ0v) is 12.6. The van der Waals surface area contributed by atoms with E-state index in [4.69, 9.17) is 5.73 Å². The van der Waals surface area contributed by atoms with Crippen LogP contribution < -0.4 is 10.6 Å². The SMILES string of the molecule is CCc1ccc(C(N)Cc2ccc(N(C)C)cc2)cc1. The molecule has 0 bridgehead atoms. The van der Waals surface area contributed by atoms with Crippen LogP contribution in [-0.2, 0) is 12.8 Å². The van der Waals surface area contributed by atoms with Crippen molar-refractivity contribution in [3.05, 3.63) is 65.2 Å². The zero-order valence-electron chi connectivity index (χ0n) is 12.6. The van der Waals surface area contributed by atoms with Gasteiger partial charge in [-0.25, -0.2) is 0 Å². The molecule has 2 heteroatoms. The minimum absolute atomic E-state index is 0.0612. The van der Waals surface area contributed by atoms with Crippen molar-refractivity contribution in [2.45, 2.75) is 25.8 Å². The minimum atomic E-state index is 0.0612. The van der Waals surface area contributed by atoms with Crippen molar-refractivity contribution < 1.29 is 0 Å². The second-order valence-electron chi connectivity index (χ2n) is 5.47. The smallest absolute Gasteiger partial charge is 0.0361 e. The lowest BCUT2D eigenvalue weighted by Crippen LogP contribution is -2.13. The Hall–Kier alpha value is -1.80. The number of hydrogen-bond acceptors (Lipinski definition) is 2. The lowest BCUT2D eigenvalue weighted by atomic mass is 9.98. The van der Waals surface area contributed by atoms with E-state index in [9.17, 15) is 0 Å². The lowest BCUT2D eigenvalue weighted by molar-refractivity contribution is 0.721. The molecule has 0 spiro atoms. The van der Waals surface area contributed by atoms with Gasteiger partial charge in [0.25, 0.3) is 0 Å². The van der Waals surface area contributed by atoms with E-state index in [1.54, 1.807) is 0 Å². The largest absolute Gasteiger partial charge is 0.378 e. The van der Waals surface area contributed by atoms with Gasteiger partial charge in [-0.2, -0.15) is 0 Å². The molecule has 2 rings (SSSR count). The molecule has 0 aliphatic heterocycles. The van der Waals surface area contributed by atoms with Gasteiger partial charge in [-0.05, 0) is 41.7 Å². The normalized spacial score (nSPS) is 12.2. The molecule has 1 atom stereocenters. The summed E-state index contributed by atoms with van der Waals surface area (Å²) < 4.78 is 0. The second-order valence-corrected chi connectivity index (χ2v) is 5.47. The predicted molar refractivity (Wildman–Crippen MR) is 87.2 cm³/mol. The molecular weight excluding hydrogens is 244 g/mol. The second kappa shape index (κ2) is 6.58. The Kier molecular flexibility index (Phi) is 4.80. The van der Waals surface area contributed by atoms with Crippen LogP contribution in [0.4, 0.5) is 5.69 Å². The molecule has 0 amide bonds. The molecule has 20 heavy (non-hydrogen) atoms. The summed E-state index contributed by atoms with van der Waals surface area (Å²) in [6.45, 7) is 2.17. The van der Waals surface area contributed by atoms with Crippen LogP contribution in [0.1, 0.15) is 29.7 Å². The number of anilines is 1. The molecule has 2 N–H and O–H groups in total. The van der Waals surface area contributed by atoms with Crippen LogP contribution >= 0.6 is 0 Å². The fourth-order valence-electron chi connectivity index (χ4n) is 2.30. The van der Waals surface area contributed by atoms with E-state index in [-0.39, 0.29) is 6.04 Å². The summed E-state index contributed by atoms with van der Waals surface area (Å²) in [6.07, 6.45) is 1.95. The van der Waals surface area contributed by atoms with Gasteiger partial charge in [0.1, 0.15) is 0 Å². The first-order chi connectivity index (χ1) is 9.60. The van der Waals surface area contributed by atoms with Gasteiger partial charge in [0, 0.05) is 25.8 Å². The maximum Gasteiger partial charge on any atom is 0.0361 e. The van der Waals surface area contributed by atoms with Crippen LogP contribution in [0.5, 0.6) is 0 Å². The van der Waals surface area contributed by atoms with Gasteiger partial charge in [0.05, 0.1) is 0 Å². The lowest BCUT2D eigenvalue weighted by Gasteiger charge is -2.15. The molecule has 1 unspecified atom stereocenters. The number of aryl methyl sites for hydroxylation is 1. The van der Waals surface area contributed by atoms with Crippen LogP contribution in [0, 0.1) is 0 Å². The van der Waals surface area contributed by atoms with Crippen LogP contribution in [0.3, 0.4) is 0 Å². The Bertz CT molecular complexity index is 526. The molecule has 0 aliphatic carbocycles. The maximum atomic E-state index is 6.31. The Morgan fingerprint density at radius 3 is 1.95 bits per heavy atom. The van der Waals surface area contributed by atoms with E-state index in [2.05, 4.69) is 74.4 Å². The van der Waals surface area contributed by atoms with Gasteiger partial charge in [-0.3, -0.25) is 0 Å². The van der Waals surface area contributed by atoms with Crippen molar-refractivity contribution in [3.8, 4) is 0 Å². The molecule has 2 aromatic rings. The molecule has 0 saturated heterocycles. The van der Waals surface area contributed by atoms with E-state index in [0.29, 0.717) is 0 Å². The monoisotopic (exact) mass is 268 g/mol. The quantitative estimate of drug-likeness (QED) is 0.898. The Morgan fingerprint density at radius 1 is 0.900 bits per heavy atom. The molecule has 0 fully saturated rings. The van der Waals surface area contributed by atoms with Crippen molar-refractivity contribution in [1.82, 2.24) is 0 Å². The minimum Gasteiger partial charge on any atom is -0.378 e.